The molecule has 0 amide bonds. The second-order valence-corrected chi connectivity index (χ2v) is 11.0. The zero-order valence-electron chi connectivity index (χ0n) is 18.1. The van der Waals surface area contributed by atoms with Gasteiger partial charge in [-0.3, -0.25) is 0 Å². The minimum Gasteiger partial charge on any atom is -0.460 e. The fourth-order valence-electron chi connectivity index (χ4n) is 6.61. The van der Waals surface area contributed by atoms with Crippen molar-refractivity contribution in [3.05, 3.63) is 0 Å². The highest BCUT2D eigenvalue weighted by Crippen LogP contribution is 2.70. The molecule has 4 nitrogen and oxygen atoms in total. The summed E-state index contributed by atoms with van der Waals surface area (Å²) in [6, 6.07) is 0. The van der Waals surface area contributed by atoms with E-state index in [-0.39, 0.29) is 23.4 Å². The molecular weight excluding hydrogens is 340 g/mol. The number of hydrogen-bond acceptors (Lipinski definition) is 4. The van der Waals surface area contributed by atoms with Crippen molar-refractivity contribution in [2.75, 3.05) is 0 Å². The molecule has 2 N–H and O–H groups in total. The SMILES string of the molecule is CC1CCC(C(C)C)C(OC(=O)C(O)CC2(O)CC3CCC2(C)C3(C)C)C1. The molecule has 156 valence electrons. The first kappa shape index (κ1) is 21.1. The number of aliphatic hydroxyl groups is 2. The van der Waals surface area contributed by atoms with Gasteiger partial charge in [0, 0.05) is 11.8 Å². The van der Waals surface area contributed by atoms with E-state index >= 15 is 0 Å². The molecular formula is C23H40O4. The highest BCUT2D eigenvalue weighted by Gasteiger charge is 2.68. The van der Waals surface area contributed by atoms with Gasteiger partial charge in [0.25, 0.3) is 0 Å². The van der Waals surface area contributed by atoms with Crippen LogP contribution in [0.2, 0.25) is 0 Å². The van der Waals surface area contributed by atoms with Crippen LogP contribution in [0.25, 0.3) is 0 Å². The van der Waals surface area contributed by atoms with Crippen LogP contribution in [0.1, 0.15) is 86.5 Å². The molecule has 7 unspecified atom stereocenters. The van der Waals surface area contributed by atoms with Gasteiger partial charge >= 0.3 is 5.97 Å². The summed E-state index contributed by atoms with van der Waals surface area (Å²) in [6.07, 6.45) is 4.62. The van der Waals surface area contributed by atoms with E-state index in [4.69, 9.17) is 4.74 Å². The number of carbonyl (C=O) groups excluding carboxylic acids is 1. The first-order valence-electron chi connectivity index (χ1n) is 11.0. The third-order valence-electron chi connectivity index (χ3n) is 9.08. The standard InChI is InChI=1S/C23H40O4/c1-14(2)17-8-7-15(3)11-19(17)27-20(25)18(24)13-23(26)12-16-9-10-22(23,6)21(16,4)5/h14-19,24,26H,7-13H2,1-6H3. The molecule has 0 aliphatic heterocycles. The van der Waals surface area contributed by atoms with Crippen LogP contribution in [0.4, 0.5) is 0 Å². The fourth-order valence-corrected chi connectivity index (χ4v) is 6.61. The van der Waals surface area contributed by atoms with Crippen LogP contribution in [0.15, 0.2) is 0 Å². The largest absolute Gasteiger partial charge is 0.460 e. The second-order valence-electron chi connectivity index (χ2n) is 11.0. The van der Waals surface area contributed by atoms with Crippen LogP contribution in [0.3, 0.4) is 0 Å². The highest BCUT2D eigenvalue weighted by molar-refractivity contribution is 5.74. The minimum absolute atomic E-state index is 0.0346. The highest BCUT2D eigenvalue weighted by atomic mass is 16.6. The average molecular weight is 381 g/mol. The Labute approximate surface area is 165 Å². The molecule has 0 aromatic carbocycles. The Morgan fingerprint density at radius 3 is 2.37 bits per heavy atom. The van der Waals surface area contributed by atoms with E-state index in [2.05, 4.69) is 41.5 Å². The predicted octanol–water partition coefficient (Wildman–Crippen LogP) is 4.32. The molecule has 0 saturated heterocycles. The van der Waals surface area contributed by atoms with Gasteiger partial charge in [0.05, 0.1) is 5.60 Å². The van der Waals surface area contributed by atoms with Crippen molar-refractivity contribution in [2.45, 2.75) is 104 Å². The van der Waals surface area contributed by atoms with Crippen LogP contribution in [0, 0.1) is 34.5 Å². The molecule has 0 aromatic heterocycles. The van der Waals surface area contributed by atoms with Gasteiger partial charge in [0.1, 0.15) is 6.10 Å². The van der Waals surface area contributed by atoms with E-state index in [0.29, 0.717) is 30.1 Å². The van der Waals surface area contributed by atoms with E-state index < -0.39 is 17.7 Å². The minimum atomic E-state index is -1.24. The van der Waals surface area contributed by atoms with Crippen molar-refractivity contribution >= 4 is 5.97 Å². The first-order valence-corrected chi connectivity index (χ1v) is 11.0. The number of carbonyl (C=O) groups is 1. The van der Waals surface area contributed by atoms with Gasteiger partial charge in [-0.05, 0) is 61.2 Å². The fraction of sp³-hybridized carbons (Fsp3) is 0.957. The van der Waals surface area contributed by atoms with Crippen molar-refractivity contribution in [1.82, 2.24) is 0 Å². The Balaban J connectivity index is 1.66. The van der Waals surface area contributed by atoms with Gasteiger partial charge in [0.2, 0.25) is 0 Å². The Bertz CT molecular complexity index is 571. The molecule has 4 heteroatoms. The molecule has 0 radical (unpaired) electrons. The van der Waals surface area contributed by atoms with Crippen LogP contribution >= 0.6 is 0 Å². The van der Waals surface area contributed by atoms with Gasteiger partial charge in [-0.15, -0.1) is 0 Å². The lowest BCUT2D eigenvalue weighted by Gasteiger charge is -2.46. The number of esters is 1. The maximum atomic E-state index is 12.7. The summed E-state index contributed by atoms with van der Waals surface area (Å²) in [7, 11) is 0. The first-order chi connectivity index (χ1) is 12.4. The molecule has 3 rings (SSSR count). The van der Waals surface area contributed by atoms with Gasteiger partial charge in [0.15, 0.2) is 6.10 Å². The molecule has 0 aromatic rings. The molecule has 0 heterocycles. The van der Waals surface area contributed by atoms with Crippen molar-refractivity contribution in [1.29, 1.82) is 0 Å². The summed E-state index contributed by atoms with van der Waals surface area (Å²) in [5, 5.41) is 22.1. The van der Waals surface area contributed by atoms with E-state index in [1.165, 1.54) is 6.42 Å². The molecule has 3 aliphatic carbocycles. The topological polar surface area (TPSA) is 66.8 Å². The smallest absolute Gasteiger partial charge is 0.335 e. The quantitative estimate of drug-likeness (QED) is 0.697. The predicted molar refractivity (Wildman–Crippen MR) is 106 cm³/mol. The Kier molecular flexibility index (Phi) is 5.49. The lowest BCUT2D eigenvalue weighted by atomic mass is 9.63. The molecule has 27 heavy (non-hydrogen) atoms. The monoisotopic (exact) mass is 380 g/mol. The number of rotatable bonds is 5. The summed E-state index contributed by atoms with van der Waals surface area (Å²) in [4.78, 5) is 12.7. The number of ether oxygens (including phenoxy) is 1. The van der Waals surface area contributed by atoms with Gasteiger partial charge < -0.3 is 14.9 Å². The molecule has 3 fully saturated rings. The van der Waals surface area contributed by atoms with E-state index in [1.54, 1.807) is 0 Å². The average Bonchev–Trinajstić information content (AvgIpc) is 2.86. The Morgan fingerprint density at radius 2 is 1.85 bits per heavy atom. The van der Waals surface area contributed by atoms with Gasteiger partial charge in [-0.1, -0.05) is 48.0 Å². The Hall–Kier alpha value is -0.610. The summed E-state index contributed by atoms with van der Waals surface area (Å²) in [6.45, 7) is 13.1. The van der Waals surface area contributed by atoms with Crippen molar-refractivity contribution in [2.24, 2.45) is 34.5 Å². The summed E-state index contributed by atoms with van der Waals surface area (Å²) in [5.74, 6) is 1.28. The van der Waals surface area contributed by atoms with E-state index in [0.717, 1.165) is 25.7 Å². The number of fused-ring (bicyclic) bond motifs is 2. The zero-order valence-corrected chi connectivity index (χ0v) is 18.1. The lowest BCUT2D eigenvalue weighted by molar-refractivity contribution is -0.174. The van der Waals surface area contributed by atoms with Gasteiger partial charge in [-0.25, -0.2) is 4.79 Å². The maximum absolute atomic E-state index is 12.7. The molecule has 7 atom stereocenters. The van der Waals surface area contributed by atoms with Crippen LogP contribution in [-0.2, 0) is 9.53 Å². The van der Waals surface area contributed by atoms with E-state index in [1.807, 2.05) is 0 Å². The second kappa shape index (κ2) is 7.02. The summed E-state index contributed by atoms with van der Waals surface area (Å²) in [5.41, 5.74) is -1.21. The van der Waals surface area contributed by atoms with Crippen LogP contribution in [0.5, 0.6) is 0 Å². The number of aliphatic hydroxyl groups excluding tert-OH is 1. The molecule has 2 bridgehead atoms. The van der Waals surface area contributed by atoms with Crippen molar-refractivity contribution in [3.63, 3.8) is 0 Å². The van der Waals surface area contributed by atoms with Crippen LogP contribution in [-0.4, -0.2) is 34.0 Å². The normalized spacial score (nSPS) is 44.5. The third-order valence-corrected chi connectivity index (χ3v) is 9.08. The van der Waals surface area contributed by atoms with Crippen molar-refractivity contribution in [3.8, 4) is 0 Å². The number of hydrogen-bond donors (Lipinski definition) is 2. The van der Waals surface area contributed by atoms with Crippen LogP contribution < -0.4 is 0 Å². The summed E-state index contributed by atoms with van der Waals surface area (Å²) >= 11 is 0. The van der Waals surface area contributed by atoms with Gasteiger partial charge in [-0.2, -0.15) is 0 Å². The molecule has 3 aliphatic rings. The maximum Gasteiger partial charge on any atom is 0.335 e. The Morgan fingerprint density at radius 1 is 1.19 bits per heavy atom. The van der Waals surface area contributed by atoms with Crippen molar-refractivity contribution < 1.29 is 19.7 Å². The molecule has 3 saturated carbocycles. The third kappa shape index (κ3) is 3.35. The lowest BCUT2D eigenvalue weighted by Crippen LogP contribution is -2.50. The molecule has 0 spiro atoms. The zero-order chi connectivity index (χ0) is 20.2. The van der Waals surface area contributed by atoms with E-state index in [9.17, 15) is 15.0 Å². The summed E-state index contributed by atoms with van der Waals surface area (Å²) < 4.78 is 5.82.